The van der Waals surface area contributed by atoms with Crippen LogP contribution in [0.2, 0.25) is 0 Å². The van der Waals surface area contributed by atoms with E-state index in [9.17, 15) is 35.1 Å². The maximum Gasteiger partial charge on any atom is 0.237 e. The third-order valence-corrected chi connectivity index (χ3v) is 5.44. The van der Waals surface area contributed by atoms with Gasteiger partial charge < -0.3 is 36.2 Å². The minimum atomic E-state index is -1.71. The molecule has 0 fully saturated rings. The predicted molar refractivity (Wildman–Crippen MR) is 126 cm³/mol. The second-order valence-corrected chi connectivity index (χ2v) is 8.81. The highest BCUT2D eigenvalue weighted by Crippen LogP contribution is 2.13. The van der Waals surface area contributed by atoms with Crippen molar-refractivity contribution in [3.63, 3.8) is 0 Å². The molecule has 0 saturated carbocycles. The molecule has 0 heterocycles. The van der Waals surface area contributed by atoms with E-state index in [1.807, 2.05) is 0 Å². The van der Waals surface area contributed by atoms with Crippen LogP contribution in [0.3, 0.4) is 0 Å². The van der Waals surface area contributed by atoms with Crippen molar-refractivity contribution in [3.05, 3.63) is 29.8 Å². The molecule has 0 aliphatic carbocycles. The number of aromatic hydroxyl groups is 1. The van der Waals surface area contributed by atoms with Gasteiger partial charge >= 0.3 is 0 Å². The zero-order valence-electron chi connectivity index (χ0n) is 20.4. The topological polar surface area (TPSA) is 183 Å². The minimum Gasteiger partial charge on any atom is -0.508 e. The van der Waals surface area contributed by atoms with Crippen molar-refractivity contribution in [3.8, 4) is 5.75 Å². The van der Waals surface area contributed by atoms with Gasteiger partial charge in [0.25, 0.3) is 0 Å². The molecular formula is C23H40N4O7. The molecule has 194 valence electrons. The van der Waals surface area contributed by atoms with Gasteiger partial charge in [-0.1, -0.05) is 32.9 Å². The summed E-state index contributed by atoms with van der Waals surface area (Å²) in [7, 11) is 0. The van der Waals surface area contributed by atoms with Crippen molar-refractivity contribution in [2.45, 2.75) is 90.4 Å². The van der Waals surface area contributed by atoms with Crippen LogP contribution in [0.5, 0.6) is 5.75 Å². The Morgan fingerprint density at radius 2 is 1.47 bits per heavy atom. The number of carbonyl (C=O) groups is 2. The van der Waals surface area contributed by atoms with Gasteiger partial charge in [0.1, 0.15) is 18.2 Å². The van der Waals surface area contributed by atoms with Crippen molar-refractivity contribution in [1.29, 1.82) is 0 Å². The first kappa shape index (κ1) is 29.8. The van der Waals surface area contributed by atoms with Gasteiger partial charge in [-0.15, -0.1) is 0 Å². The summed E-state index contributed by atoms with van der Waals surface area (Å²) in [5, 5.41) is 59.4. The summed E-state index contributed by atoms with van der Waals surface area (Å²) in [5.41, 5.74) is 0.757. The summed E-state index contributed by atoms with van der Waals surface area (Å²) in [5.74, 6) is -1.11. The van der Waals surface area contributed by atoms with Crippen LogP contribution < -0.4 is 21.3 Å². The quantitative estimate of drug-likeness (QED) is 0.148. The Kier molecular flexibility index (Phi) is 12.4. The number of benzene rings is 1. The van der Waals surface area contributed by atoms with Crippen molar-refractivity contribution < 1.29 is 35.1 Å². The number of rotatable bonds is 14. The fourth-order valence-corrected chi connectivity index (χ4v) is 3.39. The average molecular weight is 485 g/mol. The van der Waals surface area contributed by atoms with Crippen LogP contribution in [0.4, 0.5) is 0 Å². The summed E-state index contributed by atoms with van der Waals surface area (Å²) in [6, 6.07) is 3.02. The highest BCUT2D eigenvalue weighted by atomic mass is 16.5. The Bertz CT molecular complexity index is 758. The second kappa shape index (κ2) is 14.2. The van der Waals surface area contributed by atoms with E-state index in [-0.39, 0.29) is 18.1 Å². The summed E-state index contributed by atoms with van der Waals surface area (Å²) >= 11 is 0. The summed E-state index contributed by atoms with van der Waals surface area (Å²) < 4.78 is 0. The lowest BCUT2D eigenvalue weighted by atomic mass is 9.99. The van der Waals surface area contributed by atoms with Crippen LogP contribution in [0.15, 0.2) is 24.3 Å². The molecule has 0 aromatic heterocycles. The van der Waals surface area contributed by atoms with E-state index in [4.69, 9.17) is 0 Å². The minimum absolute atomic E-state index is 0.0965. The van der Waals surface area contributed by atoms with Crippen LogP contribution in [0.25, 0.3) is 0 Å². The Morgan fingerprint density at radius 1 is 0.882 bits per heavy atom. The molecule has 2 amide bonds. The molecular weight excluding hydrogens is 444 g/mol. The van der Waals surface area contributed by atoms with Gasteiger partial charge in [0.05, 0.1) is 24.2 Å². The van der Waals surface area contributed by atoms with Crippen LogP contribution >= 0.6 is 0 Å². The highest BCUT2D eigenvalue weighted by Gasteiger charge is 2.31. The van der Waals surface area contributed by atoms with E-state index in [1.165, 1.54) is 26.0 Å². The van der Waals surface area contributed by atoms with Gasteiger partial charge in [-0.25, -0.2) is 0 Å². The fourth-order valence-electron chi connectivity index (χ4n) is 3.39. The number of aliphatic hydroxyl groups is 4. The maximum absolute atomic E-state index is 13.0. The zero-order valence-corrected chi connectivity index (χ0v) is 20.4. The van der Waals surface area contributed by atoms with E-state index in [0.29, 0.717) is 6.42 Å². The molecule has 0 aliphatic rings. The lowest BCUT2D eigenvalue weighted by Gasteiger charge is -2.32. The Hall–Kier alpha value is -2.28. The molecule has 0 radical (unpaired) electrons. The first-order valence-corrected chi connectivity index (χ1v) is 11.5. The number of nitrogens with one attached hydrogen (secondary N) is 4. The lowest BCUT2D eigenvalue weighted by Crippen LogP contribution is -2.60. The highest BCUT2D eigenvalue weighted by molar-refractivity contribution is 5.83. The molecule has 0 aliphatic heterocycles. The summed E-state index contributed by atoms with van der Waals surface area (Å²) in [6.07, 6.45) is -3.43. The molecule has 0 spiro atoms. The zero-order chi connectivity index (χ0) is 26.0. The number of aliphatic hydroxyl groups excluding tert-OH is 3. The monoisotopic (exact) mass is 484 g/mol. The number of carbonyl (C=O) groups excluding carboxylic acids is 2. The Labute approximate surface area is 200 Å². The molecule has 0 saturated heterocycles. The molecule has 11 nitrogen and oxygen atoms in total. The molecule has 6 atom stereocenters. The first-order chi connectivity index (χ1) is 15.8. The number of hydrogen-bond acceptors (Lipinski definition) is 9. The number of phenolic OH excluding ortho intramolecular Hbond substituents is 1. The number of amides is 2. The van der Waals surface area contributed by atoms with E-state index in [1.54, 1.807) is 32.9 Å². The molecule has 1 rings (SSSR count). The van der Waals surface area contributed by atoms with E-state index < -0.39 is 54.7 Å². The van der Waals surface area contributed by atoms with Crippen molar-refractivity contribution in [2.24, 2.45) is 5.92 Å². The SMILES string of the molecule is CCC(NC(=O)C(C)NC(O)C(NC(=O)C(Cc1ccc(O)cc1)NC(C)O)C(C)C)C(O)O. The van der Waals surface area contributed by atoms with Crippen molar-refractivity contribution in [2.75, 3.05) is 0 Å². The molecule has 11 heteroatoms. The first-order valence-electron chi connectivity index (χ1n) is 11.5. The third-order valence-electron chi connectivity index (χ3n) is 5.44. The van der Waals surface area contributed by atoms with Gasteiger partial charge in [0, 0.05) is 0 Å². The molecule has 0 bridgehead atoms. The van der Waals surface area contributed by atoms with Crippen LogP contribution in [0.1, 0.15) is 46.6 Å². The van der Waals surface area contributed by atoms with Crippen molar-refractivity contribution >= 4 is 11.8 Å². The van der Waals surface area contributed by atoms with Gasteiger partial charge in [0.2, 0.25) is 11.8 Å². The van der Waals surface area contributed by atoms with Crippen LogP contribution in [0, 0.1) is 5.92 Å². The van der Waals surface area contributed by atoms with Crippen LogP contribution in [-0.4, -0.2) is 80.3 Å². The van der Waals surface area contributed by atoms with Crippen LogP contribution in [-0.2, 0) is 16.0 Å². The molecule has 1 aromatic carbocycles. The molecule has 9 N–H and O–H groups in total. The van der Waals surface area contributed by atoms with Gasteiger partial charge in [-0.05, 0) is 50.3 Å². The fraction of sp³-hybridized carbons (Fsp3) is 0.652. The van der Waals surface area contributed by atoms with Gasteiger partial charge in [-0.2, -0.15) is 0 Å². The normalized spacial score (nSPS) is 17.0. The van der Waals surface area contributed by atoms with Gasteiger partial charge in [0.15, 0.2) is 6.29 Å². The molecule has 6 unspecified atom stereocenters. The lowest BCUT2D eigenvalue weighted by molar-refractivity contribution is -0.130. The maximum atomic E-state index is 13.0. The van der Waals surface area contributed by atoms with E-state index in [2.05, 4.69) is 21.3 Å². The second-order valence-electron chi connectivity index (χ2n) is 8.81. The Morgan fingerprint density at radius 3 is 1.94 bits per heavy atom. The van der Waals surface area contributed by atoms with E-state index in [0.717, 1.165) is 5.56 Å². The van der Waals surface area contributed by atoms with Crippen molar-refractivity contribution in [1.82, 2.24) is 21.3 Å². The smallest absolute Gasteiger partial charge is 0.237 e. The molecule has 1 aromatic rings. The number of phenols is 1. The predicted octanol–water partition coefficient (Wildman–Crippen LogP) is -1.13. The van der Waals surface area contributed by atoms with Gasteiger partial charge in [-0.3, -0.25) is 20.2 Å². The third kappa shape index (κ3) is 9.92. The average Bonchev–Trinajstić information content (AvgIpc) is 2.75. The van der Waals surface area contributed by atoms with E-state index >= 15 is 0 Å². The Balaban J connectivity index is 2.86. The standard InChI is InChI=1S/C23H40N4O7/c1-6-17(23(33)34)26-20(30)13(4)24-22(32)19(12(2)3)27-21(31)18(25-14(5)28)11-15-7-9-16(29)10-8-15/h7-10,12-14,17-19,22-25,28-29,32-34H,6,11H2,1-5H3,(H,26,30)(H,27,31). The summed E-state index contributed by atoms with van der Waals surface area (Å²) in [6.45, 7) is 8.29. The summed E-state index contributed by atoms with van der Waals surface area (Å²) in [4.78, 5) is 25.4. The molecule has 34 heavy (non-hydrogen) atoms. The largest absolute Gasteiger partial charge is 0.508 e. The number of hydrogen-bond donors (Lipinski definition) is 9.